The molecule has 18 heavy (non-hydrogen) atoms. The topological polar surface area (TPSA) is 77.8 Å². The first-order valence-corrected chi connectivity index (χ1v) is 5.83. The molecule has 0 aliphatic carbocycles. The average molecular weight is 248 g/mol. The molecule has 96 valence electrons. The van der Waals surface area contributed by atoms with Gasteiger partial charge in [0.2, 0.25) is 5.88 Å². The lowest BCUT2D eigenvalue weighted by molar-refractivity contribution is 0.417. The lowest BCUT2D eigenvalue weighted by Gasteiger charge is -2.04. The van der Waals surface area contributed by atoms with Gasteiger partial charge in [-0.25, -0.2) is 4.98 Å². The lowest BCUT2D eigenvalue weighted by atomic mass is 10.4. The van der Waals surface area contributed by atoms with Gasteiger partial charge in [0.1, 0.15) is 6.33 Å². The molecule has 0 atom stereocenters. The maximum atomic E-state index is 5.40. The van der Waals surface area contributed by atoms with Crippen LogP contribution in [0.4, 0.5) is 0 Å². The van der Waals surface area contributed by atoms with E-state index in [2.05, 4.69) is 32.3 Å². The third-order valence-electron chi connectivity index (χ3n) is 2.17. The molecule has 2 aromatic heterocycles. The van der Waals surface area contributed by atoms with Crippen molar-refractivity contribution in [2.45, 2.75) is 19.9 Å². The Hall–Kier alpha value is -2.02. The number of hydrogen-bond donors (Lipinski definition) is 1. The minimum Gasteiger partial charge on any atom is -0.402 e. The van der Waals surface area contributed by atoms with E-state index in [-0.39, 0.29) is 6.01 Å². The van der Waals surface area contributed by atoms with Crippen molar-refractivity contribution in [2.24, 2.45) is 7.05 Å². The van der Waals surface area contributed by atoms with E-state index in [4.69, 9.17) is 4.74 Å². The van der Waals surface area contributed by atoms with E-state index >= 15 is 0 Å². The number of aromatic nitrogens is 5. The highest BCUT2D eigenvalue weighted by Crippen LogP contribution is 2.12. The van der Waals surface area contributed by atoms with Crippen LogP contribution in [0.3, 0.4) is 0 Å². The zero-order chi connectivity index (χ0) is 12.8. The number of nitrogens with one attached hydrogen (secondary N) is 1. The molecule has 0 fully saturated rings. The molecule has 2 aromatic rings. The molecule has 7 heteroatoms. The van der Waals surface area contributed by atoms with Gasteiger partial charge in [0.25, 0.3) is 0 Å². The van der Waals surface area contributed by atoms with Crippen molar-refractivity contribution in [3.8, 4) is 11.9 Å². The number of ether oxygens (including phenoxy) is 1. The van der Waals surface area contributed by atoms with Gasteiger partial charge in [-0.2, -0.15) is 4.98 Å². The van der Waals surface area contributed by atoms with E-state index in [1.807, 2.05) is 0 Å². The summed E-state index contributed by atoms with van der Waals surface area (Å²) in [7, 11) is 1.77. The summed E-state index contributed by atoms with van der Waals surface area (Å²) in [4.78, 5) is 12.4. The quantitative estimate of drug-likeness (QED) is 0.765. The number of aryl methyl sites for hydroxylation is 1. The van der Waals surface area contributed by atoms with Crippen LogP contribution in [0.15, 0.2) is 18.7 Å². The summed E-state index contributed by atoms with van der Waals surface area (Å²) >= 11 is 0. The smallest absolute Gasteiger partial charge is 0.342 e. The summed E-state index contributed by atoms with van der Waals surface area (Å²) in [5.41, 5.74) is 0.830. The standard InChI is InChI=1S/C11H16N6O/c1-3-4-12-5-9-6-13-7-10(15-9)18-11-14-8-17(2)16-11/h6-8,12H,3-5H2,1-2H3. The van der Waals surface area contributed by atoms with Crippen molar-refractivity contribution in [3.63, 3.8) is 0 Å². The lowest BCUT2D eigenvalue weighted by Crippen LogP contribution is -2.15. The molecule has 0 bridgehead atoms. The van der Waals surface area contributed by atoms with Gasteiger partial charge >= 0.3 is 6.01 Å². The zero-order valence-corrected chi connectivity index (χ0v) is 10.5. The van der Waals surface area contributed by atoms with E-state index < -0.39 is 0 Å². The van der Waals surface area contributed by atoms with Crippen LogP contribution in [-0.4, -0.2) is 31.3 Å². The molecule has 7 nitrogen and oxygen atoms in total. The Morgan fingerprint density at radius 1 is 1.39 bits per heavy atom. The van der Waals surface area contributed by atoms with E-state index in [0.717, 1.165) is 18.7 Å². The molecule has 0 radical (unpaired) electrons. The van der Waals surface area contributed by atoms with Crippen molar-refractivity contribution in [2.75, 3.05) is 6.54 Å². The molecular formula is C11H16N6O. The molecular weight excluding hydrogens is 232 g/mol. The minimum absolute atomic E-state index is 0.269. The van der Waals surface area contributed by atoms with E-state index in [1.54, 1.807) is 30.5 Å². The summed E-state index contributed by atoms with van der Waals surface area (Å²) in [5.74, 6) is 0.400. The minimum atomic E-state index is 0.269. The molecule has 0 saturated carbocycles. The Balaban J connectivity index is 1.98. The fourth-order valence-electron chi connectivity index (χ4n) is 1.37. The molecule has 0 aromatic carbocycles. The van der Waals surface area contributed by atoms with E-state index in [9.17, 15) is 0 Å². The van der Waals surface area contributed by atoms with E-state index in [1.165, 1.54) is 0 Å². The number of rotatable bonds is 6. The second kappa shape index (κ2) is 6.06. The van der Waals surface area contributed by atoms with Gasteiger partial charge in [0, 0.05) is 19.8 Å². The molecule has 0 saturated heterocycles. The number of nitrogens with zero attached hydrogens (tertiary/aromatic N) is 5. The predicted molar refractivity (Wildman–Crippen MR) is 65.1 cm³/mol. The SMILES string of the molecule is CCCNCc1cncc(Oc2ncn(C)n2)n1. The molecule has 2 rings (SSSR count). The number of hydrogen-bond acceptors (Lipinski definition) is 6. The Morgan fingerprint density at radius 3 is 3.00 bits per heavy atom. The largest absolute Gasteiger partial charge is 0.402 e. The molecule has 1 N–H and O–H groups in total. The van der Waals surface area contributed by atoms with Crippen molar-refractivity contribution >= 4 is 0 Å². The Labute approximate surface area is 105 Å². The van der Waals surface area contributed by atoms with Crippen LogP contribution < -0.4 is 10.1 Å². The van der Waals surface area contributed by atoms with Crippen LogP contribution >= 0.6 is 0 Å². The van der Waals surface area contributed by atoms with Gasteiger partial charge in [-0.3, -0.25) is 9.67 Å². The van der Waals surface area contributed by atoms with Gasteiger partial charge in [-0.05, 0) is 13.0 Å². The van der Waals surface area contributed by atoms with Crippen LogP contribution in [0.2, 0.25) is 0 Å². The van der Waals surface area contributed by atoms with Crippen molar-refractivity contribution < 1.29 is 4.74 Å². The van der Waals surface area contributed by atoms with Gasteiger partial charge < -0.3 is 10.1 Å². The highest BCUT2D eigenvalue weighted by Gasteiger charge is 2.04. The molecule has 0 spiro atoms. The average Bonchev–Trinajstić information content (AvgIpc) is 2.76. The fourth-order valence-corrected chi connectivity index (χ4v) is 1.37. The Kier molecular flexibility index (Phi) is 4.19. The van der Waals surface area contributed by atoms with Gasteiger partial charge in [0.05, 0.1) is 11.9 Å². The molecule has 0 amide bonds. The third kappa shape index (κ3) is 3.49. The molecule has 0 aliphatic heterocycles. The van der Waals surface area contributed by atoms with Crippen LogP contribution in [0.5, 0.6) is 11.9 Å². The second-order valence-electron chi connectivity index (χ2n) is 3.83. The maximum Gasteiger partial charge on any atom is 0.342 e. The summed E-state index contributed by atoms with van der Waals surface area (Å²) in [6.45, 7) is 3.74. The van der Waals surface area contributed by atoms with Gasteiger partial charge in [0.15, 0.2) is 0 Å². The summed E-state index contributed by atoms with van der Waals surface area (Å²) < 4.78 is 6.97. The van der Waals surface area contributed by atoms with Gasteiger partial charge in [-0.15, -0.1) is 5.10 Å². The highest BCUT2D eigenvalue weighted by molar-refractivity contribution is 5.12. The van der Waals surface area contributed by atoms with Crippen molar-refractivity contribution in [1.29, 1.82) is 0 Å². The van der Waals surface area contributed by atoms with E-state index in [0.29, 0.717) is 12.4 Å². The third-order valence-corrected chi connectivity index (χ3v) is 2.17. The first-order chi connectivity index (χ1) is 8.78. The monoisotopic (exact) mass is 248 g/mol. The predicted octanol–water partition coefficient (Wildman–Crippen LogP) is 0.897. The highest BCUT2D eigenvalue weighted by atomic mass is 16.5. The Bertz CT molecular complexity index is 498. The maximum absolute atomic E-state index is 5.40. The first kappa shape index (κ1) is 12.4. The van der Waals surface area contributed by atoms with Gasteiger partial charge in [-0.1, -0.05) is 6.92 Å². The van der Waals surface area contributed by atoms with Crippen LogP contribution in [0, 0.1) is 0 Å². The molecule has 2 heterocycles. The first-order valence-electron chi connectivity index (χ1n) is 5.83. The van der Waals surface area contributed by atoms with Crippen molar-refractivity contribution in [1.82, 2.24) is 30.0 Å². The fraction of sp³-hybridized carbons (Fsp3) is 0.455. The Morgan fingerprint density at radius 2 is 2.28 bits per heavy atom. The molecule has 0 aliphatic rings. The summed E-state index contributed by atoms with van der Waals surface area (Å²) in [6.07, 6.45) is 5.90. The van der Waals surface area contributed by atoms with Crippen LogP contribution in [0.1, 0.15) is 19.0 Å². The van der Waals surface area contributed by atoms with Crippen LogP contribution in [-0.2, 0) is 13.6 Å². The zero-order valence-electron chi connectivity index (χ0n) is 10.5. The summed E-state index contributed by atoms with van der Waals surface area (Å²) in [6, 6.07) is 0.269. The van der Waals surface area contributed by atoms with Crippen molar-refractivity contribution in [3.05, 3.63) is 24.4 Å². The second-order valence-corrected chi connectivity index (χ2v) is 3.83. The van der Waals surface area contributed by atoms with Crippen LogP contribution in [0.25, 0.3) is 0 Å². The summed E-state index contributed by atoms with van der Waals surface area (Å²) in [5, 5.41) is 7.26. The normalized spacial score (nSPS) is 10.6. The molecule has 0 unspecified atom stereocenters.